The van der Waals surface area contributed by atoms with Crippen LogP contribution in [0.1, 0.15) is 49.4 Å². The topological polar surface area (TPSA) is 76.7 Å². The summed E-state index contributed by atoms with van der Waals surface area (Å²) in [4.78, 5) is 24.6. The van der Waals surface area contributed by atoms with Gasteiger partial charge in [0.2, 0.25) is 0 Å². The highest BCUT2D eigenvalue weighted by atomic mass is 16.5. The van der Waals surface area contributed by atoms with Crippen LogP contribution in [-0.2, 0) is 4.79 Å². The van der Waals surface area contributed by atoms with Crippen LogP contribution in [0.4, 0.5) is 5.69 Å². The van der Waals surface area contributed by atoms with Crippen LogP contribution >= 0.6 is 0 Å². The van der Waals surface area contributed by atoms with Crippen molar-refractivity contribution in [2.75, 3.05) is 19.0 Å². The van der Waals surface area contributed by atoms with E-state index in [2.05, 4.69) is 17.6 Å². The highest BCUT2D eigenvalue weighted by Crippen LogP contribution is 2.26. The van der Waals surface area contributed by atoms with E-state index >= 15 is 0 Å². The zero-order valence-electron chi connectivity index (χ0n) is 17.6. The van der Waals surface area contributed by atoms with Gasteiger partial charge in [0.25, 0.3) is 11.8 Å². The van der Waals surface area contributed by atoms with Crippen molar-refractivity contribution in [1.82, 2.24) is 5.32 Å². The van der Waals surface area contributed by atoms with Crippen LogP contribution in [0.15, 0.2) is 48.5 Å². The van der Waals surface area contributed by atoms with E-state index in [1.807, 2.05) is 0 Å². The quantitative estimate of drug-likeness (QED) is 0.676. The molecule has 3 rings (SSSR count). The van der Waals surface area contributed by atoms with Gasteiger partial charge in [-0.3, -0.25) is 9.59 Å². The van der Waals surface area contributed by atoms with Gasteiger partial charge in [-0.1, -0.05) is 19.4 Å². The highest BCUT2D eigenvalue weighted by molar-refractivity contribution is 5.94. The summed E-state index contributed by atoms with van der Waals surface area (Å²) in [5.74, 6) is 1.68. The summed E-state index contributed by atoms with van der Waals surface area (Å²) in [5.41, 5.74) is 1.24. The average Bonchev–Trinajstić information content (AvgIpc) is 2.78. The lowest BCUT2D eigenvalue weighted by Gasteiger charge is -2.28. The minimum absolute atomic E-state index is 0.0581. The summed E-state index contributed by atoms with van der Waals surface area (Å²) in [6, 6.07) is 14.3. The normalized spacial score (nSPS) is 18.3. The van der Waals surface area contributed by atoms with Crippen LogP contribution in [0.3, 0.4) is 0 Å². The summed E-state index contributed by atoms with van der Waals surface area (Å²) in [6.07, 6.45) is 5.69. The fourth-order valence-electron chi connectivity index (χ4n) is 3.73. The Balaban J connectivity index is 1.44. The summed E-state index contributed by atoms with van der Waals surface area (Å²) in [5, 5.41) is 5.89. The predicted octanol–water partition coefficient (Wildman–Crippen LogP) is 4.41. The molecule has 1 aliphatic rings. The fraction of sp³-hybridized carbons (Fsp3) is 0.417. The molecule has 0 aromatic heterocycles. The molecule has 0 saturated heterocycles. The van der Waals surface area contributed by atoms with E-state index < -0.39 is 0 Å². The van der Waals surface area contributed by atoms with Crippen molar-refractivity contribution in [3.63, 3.8) is 0 Å². The Morgan fingerprint density at radius 2 is 1.73 bits per heavy atom. The molecule has 0 aliphatic heterocycles. The molecule has 2 aromatic rings. The van der Waals surface area contributed by atoms with Crippen LogP contribution in [0.5, 0.6) is 11.5 Å². The molecule has 1 aliphatic carbocycles. The molecule has 0 unspecified atom stereocenters. The molecule has 0 bridgehead atoms. The molecule has 2 N–H and O–H groups in total. The SMILES string of the molecule is CCC1CCC(NC(=O)c2ccc(OCC(=O)Nc3cccc(OC)c3)cc2)CC1. The van der Waals surface area contributed by atoms with E-state index in [1.165, 1.54) is 19.3 Å². The zero-order valence-corrected chi connectivity index (χ0v) is 17.6. The van der Waals surface area contributed by atoms with Crippen LogP contribution in [0.25, 0.3) is 0 Å². The van der Waals surface area contributed by atoms with Gasteiger partial charge < -0.3 is 20.1 Å². The number of hydrogen-bond donors (Lipinski definition) is 2. The zero-order chi connectivity index (χ0) is 21.3. The number of anilines is 1. The monoisotopic (exact) mass is 410 g/mol. The molecular weight excluding hydrogens is 380 g/mol. The van der Waals surface area contributed by atoms with Gasteiger partial charge in [0.15, 0.2) is 6.61 Å². The summed E-state index contributed by atoms with van der Waals surface area (Å²) in [7, 11) is 1.57. The van der Waals surface area contributed by atoms with Gasteiger partial charge in [-0.15, -0.1) is 0 Å². The minimum atomic E-state index is -0.271. The van der Waals surface area contributed by atoms with Crippen molar-refractivity contribution in [1.29, 1.82) is 0 Å². The molecule has 1 fully saturated rings. The summed E-state index contributed by atoms with van der Waals surface area (Å²) >= 11 is 0. The van der Waals surface area contributed by atoms with Crippen molar-refractivity contribution in [3.8, 4) is 11.5 Å². The highest BCUT2D eigenvalue weighted by Gasteiger charge is 2.21. The van der Waals surface area contributed by atoms with Gasteiger partial charge >= 0.3 is 0 Å². The number of benzene rings is 2. The molecule has 0 heterocycles. The Morgan fingerprint density at radius 1 is 1.00 bits per heavy atom. The first-order valence-electron chi connectivity index (χ1n) is 10.5. The van der Waals surface area contributed by atoms with E-state index in [1.54, 1.807) is 55.6 Å². The van der Waals surface area contributed by atoms with Crippen molar-refractivity contribution >= 4 is 17.5 Å². The van der Waals surface area contributed by atoms with Gasteiger partial charge in [0.05, 0.1) is 7.11 Å². The Bertz CT molecular complexity index is 843. The predicted molar refractivity (Wildman–Crippen MR) is 117 cm³/mol. The van der Waals surface area contributed by atoms with E-state index in [4.69, 9.17) is 9.47 Å². The number of amides is 2. The molecule has 6 heteroatoms. The van der Waals surface area contributed by atoms with Gasteiger partial charge in [0, 0.05) is 23.4 Å². The number of carbonyl (C=O) groups excluding carboxylic acids is 2. The van der Waals surface area contributed by atoms with Crippen molar-refractivity contribution in [2.24, 2.45) is 5.92 Å². The number of ether oxygens (including phenoxy) is 2. The number of rotatable bonds is 8. The molecular formula is C24H30N2O4. The third-order valence-electron chi connectivity index (χ3n) is 5.60. The summed E-state index contributed by atoms with van der Waals surface area (Å²) in [6.45, 7) is 2.11. The molecule has 1 saturated carbocycles. The Kier molecular flexibility index (Phi) is 7.71. The second-order valence-corrected chi connectivity index (χ2v) is 7.69. The Labute approximate surface area is 178 Å². The van der Waals surface area contributed by atoms with Crippen LogP contribution < -0.4 is 20.1 Å². The van der Waals surface area contributed by atoms with Crippen LogP contribution in [0.2, 0.25) is 0 Å². The maximum atomic E-state index is 12.5. The van der Waals surface area contributed by atoms with E-state index in [0.717, 1.165) is 18.8 Å². The number of hydrogen-bond acceptors (Lipinski definition) is 4. The maximum absolute atomic E-state index is 12.5. The molecule has 2 amide bonds. The third kappa shape index (κ3) is 6.24. The standard InChI is InChI=1S/C24H30N2O4/c1-3-17-7-11-19(12-8-17)26-24(28)18-9-13-21(14-10-18)30-16-23(27)25-20-5-4-6-22(15-20)29-2/h4-6,9-10,13-15,17,19H,3,7-8,11-12,16H2,1-2H3,(H,25,27)(H,26,28). The maximum Gasteiger partial charge on any atom is 0.262 e. The lowest BCUT2D eigenvalue weighted by molar-refractivity contribution is -0.118. The van der Waals surface area contributed by atoms with Gasteiger partial charge in [-0.05, 0) is 68.0 Å². The smallest absolute Gasteiger partial charge is 0.262 e. The van der Waals surface area contributed by atoms with Crippen molar-refractivity contribution in [3.05, 3.63) is 54.1 Å². The first kappa shape index (κ1) is 21.7. The molecule has 160 valence electrons. The van der Waals surface area contributed by atoms with E-state index in [9.17, 15) is 9.59 Å². The van der Waals surface area contributed by atoms with Crippen LogP contribution in [0, 0.1) is 5.92 Å². The number of methoxy groups -OCH3 is 1. The molecule has 0 atom stereocenters. The second-order valence-electron chi connectivity index (χ2n) is 7.69. The fourth-order valence-corrected chi connectivity index (χ4v) is 3.73. The lowest BCUT2D eigenvalue weighted by Crippen LogP contribution is -2.37. The van der Waals surface area contributed by atoms with Gasteiger partial charge in [0.1, 0.15) is 11.5 Å². The first-order chi connectivity index (χ1) is 14.6. The molecule has 0 radical (unpaired) electrons. The lowest BCUT2D eigenvalue weighted by atomic mass is 9.84. The van der Waals surface area contributed by atoms with Crippen molar-refractivity contribution < 1.29 is 19.1 Å². The minimum Gasteiger partial charge on any atom is -0.497 e. The molecule has 2 aromatic carbocycles. The summed E-state index contributed by atoms with van der Waals surface area (Å²) < 4.78 is 10.7. The molecule has 30 heavy (non-hydrogen) atoms. The molecule has 6 nitrogen and oxygen atoms in total. The Morgan fingerprint density at radius 3 is 2.40 bits per heavy atom. The second kappa shape index (κ2) is 10.7. The van der Waals surface area contributed by atoms with Gasteiger partial charge in [-0.2, -0.15) is 0 Å². The third-order valence-corrected chi connectivity index (χ3v) is 5.60. The molecule has 0 spiro atoms. The average molecular weight is 411 g/mol. The van der Waals surface area contributed by atoms with Crippen LogP contribution in [-0.4, -0.2) is 31.6 Å². The number of nitrogens with one attached hydrogen (secondary N) is 2. The van der Waals surface area contributed by atoms with Gasteiger partial charge in [-0.25, -0.2) is 0 Å². The first-order valence-corrected chi connectivity index (χ1v) is 10.5. The van der Waals surface area contributed by atoms with E-state index in [-0.39, 0.29) is 24.5 Å². The van der Waals surface area contributed by atoms with Crippen molar-refractivity contribution in [2.45, 2.75) is 45.1 Å². The Hall–Kier alpha value is -3.02. The largest absolute Gasteiger partial charge is 0.497 e. The van der Waals surface area contributed by atoms with E-state index in [0.29, 0.717) is 22.7 Å². The number of carbonyl (C=O) groups is 2.